The van der Waals surface area contributed by atoms with Gasteiger partial charge in [-0.05, 0) is 38.0 Å². The molecule has 0 amide bonds. The lowest BCUT2D eigenvalue weighted by Gasteiger charge is -2.21. The van der Waals surface area contributed by atoms with E-state index in [0.717, 1.165) is 18.5 Å². The number of nitrogens with one attached hydrogen (secondary N) is 2. The molecule has 2 heterocycles. The summed E-state index contributed by atoms with van der Waals surface area (Å²) in [5.41, 5.74) is 1.17. The summed E-state index contributed by atoms with van der Waals surface area (Å²) in [7, 11) is 0. The van der Waals surface area contributed by atoms with Crippen LogP contribution in [-0.2, 0) is 6.54 Å². The average Bonchev–Trinajstić information content (AvgIpc) is 3.24. The van der Waals surface area contributed by atoms with Crippen LogP contribution in [0.15, 0.2) is 35.6 Å². The number of benzene rings is 1. The predicted octanol–water partition coefficient (Wildman–Crippen LogP) is 2.92. The van der Waals surface area contributed by atoms with Gasteiger partial charge in [-0.1, -0.05) is 6.07 Å². The monoisotopic (exact) mass is 504 g/mol. The Morgan fingerprint density at radius 3 is 2.71 bits per heavy atom. The first-order valence-corrected chi connectivity index (χ1v) is 9.29. The van der Waals surface area contributed by atoms with Crippen molar-refractivity contribution in [1.29, 1.82) is 0 Å². The molecule has 1 aromatic carbocycles. The summed E-state index contributed by atoms with van der Waals surface area (Å²) < 4.78 is 29.9. The van der Waals surface area contributed by atoms with Crippen LogP contribution < -0.4 is 15.5 Å². The molecule has 1 unspecified atom stereocenters. The minimum Gasteiger partial charge on any atom is -0.365 e. The molecule has 0 saturated carbocycles. The van der Waals surface area contributed by atoms with E-state index in [1.807, 2.05) is 30.9 Å². The van der Waals surface area contributed by atoms with Crippen molar-refractivity contribution >= 4 is 35.6 Å². The van der Waals surface area contributed by atoms with Gasteiger partial charge in [0.25, 0.3) is 0 Å². The lowest BCUT2D eigenvalue weighted by Crippen LogP contribution is -2.44. The average molecular weight is 504 g/mol. The number of nitrogens with zero attached hydrogens (tertiary/aromatic N) is 4. The molecule has 3 rings (SSSR count). The van der Waals surface area contributed by atoms with Crippen LogP contribution in [0.2, 0.25) is 0 Å². The smallest absolute Gasteiger partial charge is 0.191 e. The summed E-state index contributed by atoms with van der Waals surface area (Å²) in [6, 6.07) is 4.05. The Bertz CT molecular complexity index is 774. The maximum atomic E-state index is 14.0. The minimum atomic E-state index is -0.522. The molecule has 0 radical (unpaired) electrons. The topological polar surface area (TPSA) is 57.5 Å². The first-order valence-electron chi connectivity index (χ1n) is 9.29. The van der Waals surface area contributed by atoms with E-state index in [-0.39, 0.29) is 35.7 Å². The second-order valence-electron chi connectivity index (χ2n) is 6.69. The van der Waals surface area contributed by atoms with Crippen molar-refractivity contribution in [3.8, 4) is 0 Å². The van der Waals surface area contributed by atoms with Gasteiger partial charge in [0.1, 0.15) is 17.3 Å². The highest BCUT2D eigenvalue weighted by molar-refractivity contribution is 14.0. The van der Waals surface area contributed by atoms with Crippen molar-refractivity contribution in [3.63, 3.8) is 0 Å². The number of aliphatic imine (C=N–C) groups is 1. The van der Waals surface area contributed by atoms with Crippen molar-refractivity contribution in [2.45, 2.75) is 32.9 Å². The Morgan fingerprint density at radius 2 is 2.07 bits per heavy atom. The van der Waals surface area contributed by atoms with E-state index >= 15 is 0 Å². The fourth-order valence-electron chi connectivity index (χ4n) is 3.24. The highest BCUT2D eigenvalue weighted by Gasteiger charge is 2.27. The molecule has 28 heavy (non-hydrogen) atoms. The molecule has 9 heteroatoms. The van der Waals surface area contributed by atoms with Crippen LogP contribution >= 0.6 is 24.0 Å². The van der Waals surface area contributed by atoms with Crippen LogP contribution in [0.25, 0.3) is 0 Å². The number of anilines is 1. The van der Waals surface area contributed by atoms with Gasteiger partial charge in [0, 0.05) is 31.9 Å². The molecule has 154 valence electrons. The van der Waals surface area contributed by atoms with Crippen molar-refractivity contribution in [2.75, 3.05) is 31.1 Å². The third kappa shape index (κ3) is 5.79. The summed E-state index contributed by atoms with van der Waals surface area (Å²) in [4.78, 5) is 6.33. The maximum Gasteiger partial charge on any atom is 0.191 e. The molecule has 1 aliphatic rings. The Balaban J connectivity index is 0.00000280. The SMILES string of the molecule is CCNC(=NCCn1cc(C)cn1)NC1CCN(c2c(F)cccc2F)C1.I. The third-order valence-electron chi connectivity index (χ3n) is 4.49. The summed E-state index contributed by atoms with van der Waals surface area (Å²) in [6.07, 6.45) is 4.59. The van der Waals surface area contributed by atoms with Crippen LogP contribution in [0.4, 0.5) is 14.5 Å². The number of aromatic nitrogens is 2. The summed E-state index contributed by atoms with van der Waals surface area (Å²) in [5.74, 6) is -0.335. The van der Waals surface area contributed by atoms with Gasteiger partial charge in [-0.3, -0.25) is 9.67 Å². The number of guanidine groups is 1. The minimum absolute atomic E-state index is 0. The fraction of sp³-hybridized carbons (Fsp3) is 0.474. The number of hydrogen-bond acceptors (Lipinski definition) is 3. The van der Waals surface area contributed by atoms with Crippen LogP contribution in [0, 0.1) is 18.6 Å². The molecule has 6 nitrogen and oxygen atoms in total. The van der Waals surface area contributed by atoms with Crippen molar-refractivity contribution in [1.82, 2.24) is 20.4 Å². The van der Waals surface area contributed by atoms with E-state index in [2.05, 4.69) is 20.7 Å². The standard InChI is InChI=1S/C19H26F2N6.HI/c1-3-22-19(23-8-10-27-12-14(2)11-24-27)25-15-7-9-26(13-15)18-16(20)5-4-6-17(18)21;/h4-6,11-12,15H,3,7-10,13H2,1-2H3,(H2,22,23,25);1H. The summed E-state index contributed by atoms with van der Waals surface area (Å²) in [6.45, 7) is 7.16. The van der Waals surface area contributed by atoms with Gasteiger partial charge < -0.3 is 15.5 Å². The molecule has 0 aliphatic carbocycles. The first-order chi connectivity index (χ1) is 13.1. The van der Waals surface area contributed by atoms with Crippen molar-refractivity contribution in [2.24, 2.45) is 4.99 Å². The van der Waals surface area contributed by atoms with Gasteiger partial charge in [-0.2, -0.15) is 5.10 Å². The summed E-state index contributed by atoms with van der Waals surface area (Å²) >= 11 is 0. The zero-order valence-corrected chi connectivity index (χ0v) is 18.5. The highest BCUT2D eigenvalue weighted by atomic mass is 127. The van der Waals surface area contributed by atoms with Crippen LogP contribution in [0.1, 0.15) is 18.9 Å². The van der Waals surface area contributed by atoms with Crippen LogP contribution in [0.3, 0.4) is 0 Å². The van der Waals surface area contributed by atoms with Gasteiger partial charge in [-0.25, -0.2) is 8.78 Å². The molecule has 2 aromatic rings. The zero-order chi connectivity index (χ0) is 19.2. The molecule has 1 saturated heterocycles. The number of aryl methyl sites for hydroxylation is 1. The van der Waals surface area contributed by atoms with Crippen molar-refractivity contribution < 1.29 is 8.78 Å². The first kappa shape index (κ1) is 22.4. The molecule has 2 N–H and O–H groups in total. The van der Waals surface area contributed by atoms with Gasteiger partial charge in [-0.15, -0.1) is 24.0 Å². The van der Waals surface area contributed by atoms with Gasteiger partial charge in [0.15, 0.2) is 5.96 Å². The van der Waals surface area contributed by atoms with E-state index in [9.17, 15) is 8.78 Å². The van der Waals surface area contributed by atoms with E-state index in [0.29, 0.717) is 32.1 Å². The van der Waals surface area contributed by atoms with E-state index in [4.69, 9.17) is 0 Å². The Morgan fingerprint density at radius 1 is 1.32 bits per heavy atom. The second-order valence-corrected chi connectivity index (χ2v) is 6.69. The molecular weight excluding hydrogens is 477 g/mol. The molecule has 1 aliphatic heterocycles. The molecule has 1 fully saturated rings. The molecular formula is C19H27F2IN6. The predicted molar refractivity (Wildman–Crippen MR) is 118 cm³/mol. The Labute approximate surface area is 181 Å². The number of para-hydroxylation sites is 1. The molecule has 0 bridgehead atoms. The van der Waals surface area contributed by atoms with E-state index < -0.39 is 11.6 Å². The Kier molecular flexibility index (Phi) is 8.46. The maximum absolute atomic E-state index is 14.0. The van der Waals surface area contributed by atoms with Gasteiger partial charge in [0.2, 0.25) is 0 Å². The largest absolute Gasteiger partial charge is 0.365 e. The fourth-order valence-corrected chi connectivity index (χ4v) is 3.24. The van der Waals surface area contributed by atoms with E-state index in [1.54, 1.807) is 4.90 Å². The van der Waals surface area contributed by atoms with Gasteiger partial charge in [0.05, 0.1) is 19.3 Å². The highest BCUT2D eigenvalue weighted by Crippen LogP contribution is 2.26. The van der Waals surface area contributed by atoms with Crippen LogP contribution in [0.5, 0.6) is 0 Å². The zero-order valence-electron chi connectivity index (χ0n) is 16.2. The lowest BCUT2D eigenvalue weighted by molar-refractivity contribution is 0.575. The number of hydrogen-bond donors (Lipinski definition) is 2. The third-order valence-corrected chi connectivity index (χ3v) is 4.49. The number of rotatable bonds is 6. The molecule has 1 aromatic heterocycles. The normalized spacial score (nSPS) is 16.8. The Hall–Kier alpha value is -1.91. The molecule has 0 spiro atoms. The summed E-state index contributed by atoms with van der Waals surface area (Å²) in [5, 5.41) is 10.8. The van der Waals surface area contributed by atoms with Crippen molar-refractivity contribution in [3.05, 3.63) is 47.8 Å². The lowest BCUT2D eigenvalue weighted by atomic mass is 10.2. The van der Waals surface area contributed by atoms with Crippen LogP contribution in [-0.4, -0.2) is 48.0 Å². The quantitative estimate of drug-likeness (QED) is 0.361. The van der Waals surface area contributed by atoms with Gasteiger partial charge >= 0.3 is 0 Å². The second kappa shape index (κ2) is 10.6. The molecule has 1 atom stereocenters. The van der Waals surface area contributed by atoms with E-state index in [1.165, 1.54) is 18.2 Å². The number of halogens is 3.